The average Bonchev–Trinajstić information content (AvgIpc) is 2.37. The van der Waals surface area contributed by atoms with Gasteiger partial charge in [-0.3, -0.25) is 9.59 Å². The van der Waals surface area contributed by atoms with Gasteiger partial charge < -0.3 is 14.7 Å². The first-order valence-electron chi connectivity index (χ1n) is 5.26. The lowest BCUT2D eigenvalue weighted by Crippen LogP contribution is -2.29. The zero-order valence-corrected chi connectivity index (χ0v) is 10.9. The molecule has 0 saturated carbocycles. The van der Waals surface area contributed by atoms with Gasteiger partial charge in [0, 0.05) is 13.6 Å². The van der Waals surface area contributed by atoms with E-state index >= 15 is 0 Å². The van der Waals surface area contributed by atoms with E-state index in [9.17, 15) is 14.7 Å². The van der Waals surface area contributed by atoms with Gasteiger partial charge in [-0.15, -0.1) is 0 Å². The van der Waals surface area contributed by atoms with Crippen LogP contribution < -0.4 is 0 Å². The highest BCUT2D eigenvalue weighted by Crippen LogP contribution is 2.22. The summed E-state index contributed by atoms with van der Waals surface area (Å²) in [6, 6.07) is 4.13. The van der Waals surface area contributed by atoms with Crippen LogP contribution >= 0.6 is 11.6 Å². The molecule has 0 aliphatic heterocycles. The maximum absolute atomic E-state index is 12.0. The summed E-state index contributed by atoms with van der Waals surface area (Å²) in [5.41, 5.74) is 0.198. The van der Waals surface area contributed by atoms with Gasteiger partial charge in [-0.25, -0.2) is 0 Å². The summed E-state index contributed by atoms with van der Waals surface area (Å²) in [7, 11) is 2.84. The van der Waals surface area contributed by atoms with Gasteiger partial charge in [-0.1, -0.05) is 11.6 Å². The van der Waals surface area contributed by atoms with Gasteiger partial charge in [0.15, 0.2) is 0 Å². The first-order chi connectivity index (χ1) is 8.45. The standard InChI is InChI=1S/C12H14ClNO4/c1-14(6-5-11(16)18-2)12(17)9-7-8(15)3-4-10(9)13/h3-4,7,15H,5-6H2,1-2H3. The number of rotatable bonds is 4. The summed E-state index contributed by atoms with van der Waals surface area (Å²) in [6.45, 7) is 0.220. The molecule has 0 fully saturated rings. The Morgan fingerprint density at radius 1 is 1.44 bits per heavy atom. The molecule has 0 aliphatic rings. The van der Waals surface area contributed by atoms with E-state index in [1.54, 1.807) is 7.05 Å². The van der Waals surface area contributed by atoms with Crippen molar-refractivity contribution in [3.63, 3.8) is 0 Å². The quantitative estimate of drug-likeness (QED) is 0.846. The van der Waals surface area contributed by atoms with Gasteiger partial charge in [-0.05, 0) is 18.2 Å². The van der Waals surface area contributed by atoms with E-state index in [-0.39, 0.29) is 35.2 Å². The molecular formula is C12H14ClNO4. The van der Waals surface area contributed by atoms with E-state index in [0.717, 1.165) is 0 Å². The number of aromatic hydroxyl groups is 1. The molecule has 0 aromatic heterocycles. The van der Waals surface area contributed by atoms with Crippen LogP contribution in [-0.2, 0) is 9.53 Å². The molecule has 6 heteroatoms. The largest absolute Gasteiger partial charge is 0.508 e. The van der Waals surface area contributed by atoms with Crippen molar-refractivity contribution < 1.29 is 19.4 Å². The fraction of sp³-hybridized carbons (Fsp3) is 0.333. The molecule has 0 unspecified atom stereocenters. The van der Waals surface area contributed by atoms with Gasteiger partial charge in [0.1, 0.15) is 5.75 Å². The Bertz CT molecular complexity index is 461. The number of carbonyl (C=O) groups is 2. The van der Waals surface area contributed by atoms with Crippen molar-refractivity contribution in [2.45, 2.75) is 6.42 Å². The molecular weight excluding hydrogens is 258 g/mol. The van der Waals surface area contributed by atoms with Gasteiger partial charge in [0.05, 0.1) is 24.1 Å². The van der Waals surface area contributed by atoms with Crippen molar-refractivity contribution in [2.75, 3.05) is 20.7 Å². The van der Waals surface area contributed by atoms with Crippen LogP contribution in [0.2, 0.25) is 5.02 Å². The second-order valence-electron chi connectivity index (χ2n) is 3.72. The number of hydrogen-bond donors (Lipinski definition) is 1. The first kappa shape index (κ1) is 14.3. The van der Waals surface area contributed by atoms with Gasteiger partial charge in [0.2, 0.25) is 0 Å². The normalized spacial score (nSPS) is 9.94. The molecule has 0 radical (unpaired) electrons. The molecule has 1 aromatic carbocycles. The van der Waals surface area contributed by atoms with Crippen LogP contribution in [-0.4, -0.2) is 42.6 Å². The van der Waals surface area contributed by atoms with Crippen molar-refractivity contribution >= 4 is 23.5 Å². The molecule has 18 heavy (non-hydrogen) atoms. The summed E-state index contributed by atoms with van der Waals surface area (Å²) < 4.78 is 4.49. The second-order valence-corrected chi connectivity index (χ2v) is 4.12. The molecule has 0 spiro atoms. The predicted molar refractivity (Wildman–Crippen MR) is 66.7 cm³/mol. The Hall–Kier alpha value is -1.75. The number of esters is 1. The van der Waals surface area contributed by atoms with Gasteiger partial charge in [-0.2, -0.15) is 0 Å². The minimum atomic E-state index is -0.392. The van der Waals surface area contributed by atoms with Crippen molar-refractivity contribution in [1.29, 1.82) is 0 Å². The summed E-state index contributed by atoms with van der Waals surface area (Å²) in [5, 5.41) is 9.57. The molecule has 5 nitrogen and oxygen atoms in total. The van der Waals surface area contributed by atoms with E-state index in [1.807, 2.05) is 0 Å². The molecule has 1 amide bonds. The predicted octanol–water partition coefficient (Wildman–Crippen LogP) is 1.68. The number of amides is 1. The van der Waals surface area contributed by atoms with E-state index in [0.29, 0.717) is 0 Å². The number of ether oxygens (including phenoxy) is 1. The van der Waals surface area contributed by atoms with Gasteiger partial charge in [0.25, 0.3) is 5.91 Å². The summed E-state index contributed by atoms with van der Waals surface area (Å²) in [5.74, 6) is -0.791. The number of benzene rings is 1. The van der Waals surface area contributed by atoms with Crippen LogP contribution in [0.15, 0.2) is 18.2 Å². The number of phenolic OH excluding ortho intramolecular Hbond substituents is 1. The third-order valence-corrected chi connectivity index (χ3v) is 2.74. The van der Waals surface area contributed by atoms with Crippen LogP contribution in [0, 0.1) is 0 Å². The minimum Gasteiger partial charge on any atom is -0.508 e. The molecule has 0 saturated heterocycles. The number of phenols is 1. The Kier molecular flexibility index (Phi) is 4.97. The highest BCUT2D eigenvalue weighted by atomic mass is 35.5. The van der Waals surface area contributed by atoms with E-state index in [4.69, 9.17) is 11.6 Å². The monoisotopic (exact) mass is 271 g/mol. The van der Waals surface area contributed by atoms with E-state index in [2.05, 4.69) is 4.74 Å². The topological polar surface area (TPSA) is 66.8 Å². The molecule has 1 aromatic rings. The number of nitrogens with zero attached hydrogens (tertiary/aromatic N) is 1. The zero-order valence-electron chi connectivity index (χ0n) is 10.1. The third kappa shape index (κ3) is 3.63. The SMILES string of the molecule is COC(=O)CCN(C)C(=O)c1cc(O)ccc1Cl. The highest BCUT2D eigenvalue weighted by Gasteiger charge is 2.16. The molecule has 98 valence electrons. The smallest absolute Gasteiger partial charge is 0.307 e. The lowest BCUT2D eigenvalue weighted by Gasteiger charge is -2.17. The van der Waals surface area contributed by atoms with Crippen molar-refractivity contribution in [3.8, 4) is 5.75 Å². The third-order valence-electron chi connectivity index (χ3n) is 2.41. The average molecular weight is 272 g/mol. The van der Waals surface area contributed by atoms with Crippen molar-refractivity contribution in [3.05, 3.63) is 28.8 Å². The summed E-state index contributed by atoms with van der Waals surface area (Å²) >= 11 is 5.87. The molecule has 0 heterocycles. The number of hydrogen-bond acceptors (Lipinski definition) is 4. The molecule has 1 rings (SSSR count). The molecule has 1 N–H and O–H groups in total. The first-order valence-corrected chi connectivity index (χ1v) is 5.64. The molecule has 0 aliphatic carbocycles. The summed E-state index contributed by atoms with van der Waals surface area (Å²) in [6.07, 6.45) is 0.106. The van der Waals surface area contributed by atoms with Crippen molar-refractivity contribution in [1.82, 2.24) is 4.90 Å². The Morgan fingerprint density at radius 2 is 2.11 bits per heavy atom. The van der Waals surface area contributed by atoms with Gasteiger partial charge >= 0.3 is 5.97 Å². The molecule has 0 bridgehead atoms. The van der Waals surface area contributed by atoms with Crippen molar-refractivity contribution in [2.24, 2.45) is 0 Å². The van der Waals surface area contributed by atoms with E-state index in [1.165, 1.54) is 30.2 Å². The highest BCUT2D eigenvalue weighted by molar-refractivity contribution is 6.33. The Balaban J connectivity index is 2.74. The number of halogens is 1. The summed E-state index contributed by atoms with van der Waals surface area (Å²) in [4.78, 5) is 24.3. The maximum atomic E-state index is 12.0. The number of carbonyl (C=O) groups excluding carboxylic acids is 2. The minimum absolute atomic E-state index is 0.0379. The van der Waals surface area contributed by atoms with Crippen LogP contribution in [0.1, 0.15) is 16.8 Å². The molecule has 0 atom stereocenters. The Morgan fingerprint density at radius 3 is 2.72 bits per heavy atom. The number of methoxy groups -OCH3 is 1. The fourth-order valence-electron chi connectivity index (χ4n) is 1.35. The fourth-order valence-corrected chi connectivity index (χ4v) is 1.54. The van der Waals surface area contributed by atoms with Crippen LogP contribution in [0.5, 0.6) is 5.75 Å². The Labute approximate surface area is 110 Å². The zero-order chi connectivity index (χ0) is 13.7. The van der Waals surface area contributed by atoms with Crippen LogP contribution in [0.3, 0.4) is 0 Å². The van der Waals surface area contributed by atoms with Crippen LogP contribution in [0.25, 0.3) is 0 Å². The lowest BCUT2D eigenvalue weighted by atomic mass is 10.2. The van der Waals surface area contributed by atoms with E-state index < -0.39 is 5.97 Å². The maximum Gasteiger partial charge on any atom is 0.307 e. The van der Waals surface area contributed by atoms with Crippen LogP contribution in [0.4, 0.5) is 0 Å². The lowest BCUT2D eigenvalue weighted by molar-refractivity contribution is -0.140. The second kappa shape index (κ2) is 6.26.